The Morgan fingerprint density at radius 3 is 2.50 bits per heavy atom. The number of carbonyl (C=O) groups excluding carboxylic acids is 1. The van der Waals surface area contributed by atoms with Crippen molar-refractivity contribution in [2.24, 2.45) is 5.73 Å². The van der Waals surface area contributed by atoms with E-state index in [1.54, 1.807) is 26.2 Å². The molecule has 7 heteroatoms. The molecule has 1 rings (SSSR count). The number of aromatic nitrogens is 1. The summed E-state index contributed by atoms with van der Waals surface area (Å²) in [7, 11) is 0. The second kappa shape index (κ2) is 5.03. The fourth-order valence-electron chi connectivity index (χ4n) is 1.18. The Labute approximate surface area is 109 Å². The fourth-order valence-corrected chi connectivity index (χ4v) is 1.89. The molecule has 100 valence electrons. The first kappa shape index (κ1) is 14.6. The van der Waals surface area contributed by atoms with Gasteiger partial charge in [0.25, 0.3) is 0 Å². The zero-order chi connectivity index (χ0) is 14.0. The molecular weight excluding hydrogens is 256 g/mol. The van der Waals surface area contributed by atoms with Crippen molar-refractivity contribution >= 4 is 23.3 Å². The highest BCUT2D eigenvalue weighted by atomic mass is 32.1. The quantitative estimate of drug-likeness (QED) is 0.621. The van der Waals surface area contributed by atoms with Gasteiger partial charge in [-0.1, -0.05) is 0 Å². The van der Waals surface area contributed by atoms with Crippen LogP contribution in [0.2, 0.25) is 0 Å². The number of carbonyl (C=O) groups is 2. The number of aliphatic carboxylic acids is 1. The molecule has 18 heavy (non-hydrogen) atoms. The summed E-state index contributed by atoms with van der Waals surface area (Å²) in [5.74, 6) is -2.38. The van der Waals surface area contributed by atoms with Crippen molar-refractivity contribution in [3.8, 4) is 0 Å². The normalized spacial score (nSPS) is 14.9. The van der Waals surface area contributed by atoms with Crippen molar-refractivity contribution in [2.45, 2.75) is 38.3 Å². The first-order valence-corrected chi connectivity index (χ1v) is 6.17. The van der Waals surface area contributed by atoms with Gasteiger partial charge >= 0.3 is 11.9 Å². The highest BCUT2D eigenvalue weighted by molar-refractivity contribution is 7.09. The number of ether oxygens (including phenoxy) is 1. The molecule has 3 N–H and O–H groups in total. The Morgan fingerprint density at radius 2 is 2.11 bits per heavy atom. The van der Waals surface area contributed by atoms with Gasteiger partial charge in [-0.25, -0.2) is 14.6 Å². The topological polar surface area (TPSA) is 103 Å². The lowest BCUT2D eigenvalue weighted by molar-refractivity contribution is -0.169. The summed E-state index contributed by atoms with van der Waals surface area (Å²) in [4.78, 5) is 27.1. The lowest BCUT2D eigenvalue weighted by atomic mass is 9.97. The predicted molar refractivity (Wildman–Crippen MR) is 66.2 cm³/mol. The van der Waals surface area contributed by atoms with Crippen molar-refractivity contribution in [1.82, 2.24) is 4.98 Å². The average Bonchev–Trinajstić information content (AvgIpc) is 2.66. The minimum atomic E-state index is -2.11. The molecule has 1 heterocycles. The standard InChI is InChI=1S/C11H16N2O4S/c1-10(2,3)17-9(16)11(12,8(14)15)6-7-13-4-5-18-7/h4-5H,6,12H2,1-3H3,(H,14,15)/t11-/m0/s1. The van der Waals surface area contributed by atoms with Gasteiger partial charge in [0.2, 0.25) is 5.54 Å². The van der Waals surface area contributed by atoms with E-state index in [-0.39, 0.29) is 6.42 Å². The van der Waals surface area contributed by atoms with Gasteiger partial charge < -0.3 is 15.6 Å². The molecule has 1 aromatic rings. The molecule has 0 aromatic carbocycles. The van der Waals surface area contributed by atoms with Gasteiger partial charge in [-0.15, -0.1) is 11.3 Å². The van der Waals surface area contributed by atoms with Crippen LogP contribution in [0.5, 0.6) is 0 Å². The molecule has 0 fully saturated rings. The van der Waals surface area contributed by atoms with E-state index in [0.29, 0.717) is 5.01 Å². The Kier molecular flexibility index (Phi) is 4.08. The number of thiazole rings is 1. The van der Waals surface area contributed by atoms with Gasteiger partial charge in [-0.3, -0.25) is 0 Å². The van der Waals surface area contributed by atoms with Gasteiger partial charge in [-0.2, -0.15) is 0 Å². The third-order valence-electron chi connectivity index (χ3n) is 2.06. The van der Waals surface area contributed by atoms with Crippen LogP contribution < -0.4 is 5.73 Å². The summed E-state index contributed by atoms with van der Waals surface area (Å²) >= 11 is 1.24. The van der Waals surface area contributed by atoms with E-state index >= 15 is 0 Å². The SMILES string of the molecule is CC(C)(C)OC(=O)[C@](N)(Cc1nccs1)C(=O)O. The van der Waals surface area contributed by atoms with E-state index in [1.165, 1.54) is 17.5 Å². The number of carboxylic acid groups (broad SMARTS) is 1. The number of nitrogens with zero attached hydrogens (tertiary/aromatic N) is 1. The summed E-state index contributed by atoms with van der Waals surface area (Å²) in [6.07, 6.45) is 1.34. The summed E-state index contributed by atoms with van der Waals surface area (Å²) in [5.41, 5.74) is 2.78. The number of esters is 1. The van der Waals surface area contributed by atoms with Crippen LogP contribution in [-0.2, 0) is 20.7 Å². The minimum Gasteiger partial charge on any atom is -0.479 e. The van der Waals surface area contributed by atoms with Gasteiger partial charge in [0.15, 0.2) is 0 Å². The minimum absolute atomic E-state index is 0.186. The third kappa shape index (κ3) is 3.51. The van der Waals surface area contributed by atoms with Gasteiger partial charge in [0.1, 0.15) is 5.60 Å². The monoisotopic (exact) mass is 272 g/mol. The van der Waals surface area contributed by atoms with E-state index in [2.05, 4.69) is 4.98 Å². The molecule has 0 radical (unpaired) electrons. The number of nitrogens with two attached hydrogens (primary N) is 1. The zero-order valence-electron chi connectivity index (χ0n) is 10.5. The van der Waals surface area contributed by atoms with Crippen molar-refractivity contribution in [2.75, 3.05) is 0 Å². The van der Waals surface area contributed by atoms with Crippen LogP contribution in [0.15, 0.2) is 11.6 Å². The Balaban J connectivity index is 2.93. The average molecular weight is 272 g/mol. The molecule has 1 atom stereocenters. The van der Waals surface area contributed by atoms with Gasteiger partial charge in [-0.05, 0) is 20.8 Å². The van der Waals surface area contributed by atoms with Crippen LogP contribution in [0.25, 0.3) is 0 Å². The largest absolute Gasteiger partial charge is 0.479 e. The van der Waals surface area contributed by atoms with E-state index in [4.69, 9.17) is 15.6 Å². The first-order chi connectivity index (χ1) is 8.15. The predicted octanol–water partition coefficient (Wildman–Crippen LogP) is 0.809. The summed E-state index contributed by atoms with van der Waals surface area (Å²) in [5, 5.41) is 11.3. The first-order valence-electron chi connectivity index (χ1n) is 5.29. The van der Waals surface area contributed by atoms with Gasteiger partial charge in [0, 0.05) is 18.0 Å². The molecule has 0 aliphatic rings. The maximum atomic E-state index is 11.9. The summed E-state index contributed by atoms with van der Waals surface area (Å²) in [6, 6.07) is 0. The molecule has 1 aromatic heterocycles. The van der Waals surface area contributed by atoms with Crippen molar-refractivity contribution in [3.05, 3.63) is 16.6 Å². The van der Waals surface area contributed by atoms with Crippen molar-refractivity contribution < 1.29 is 19.4 Å². The smallest absolute Gasteiger partial charge is 0.338 e. The van der Waals surface area contributed by atoms with Crippen LogP contribution in [0.4, 0.5) is 0 Å². The van der Waals surface area contributed by atoms with Crippen LogP contribution in [0, 0.1) is 0 Å². The molecule has 0 saturated carbocycles. The number of hydrogen-bond acceptors (Lipinski definition) is 6. The number of hydrogen-bond donors (Lipinski definition) is 2. The van der Waals surface area contributed by atoms with Crippen LogP contribution >= 0.6 is 11.3 Å². The van der Waals surface area contributed by atoms with E-state index in [0.717, 1.165) is 0 Å². The van der Waals surface area contributed by atoms with E-state index < -0.39 is 23.1 Å². The Morgan fingerprint density at radius 1 is 1.50 bits per heavy atom. The molecule has 0 saturated heterocycles. The van der Waals surface area contributed by atoms with Crippen LogP contribution in [0.3, 0.4) is 0 Å². The molecule has 0 aliphatic carbocycles. The maximum Gasteiger partial charge on any atom is 0.338 e. The number of carboxylic acids is 1. The molecule has 0 unspecified atom stereocenters. The lowest BCUT2D eigenvalue weighted by Gasteiger charge is -2.27. The second-order valence-corrected chi connectivity index (χ2v) is 5.86. The molecule has 0 amide bonds. The molecular formula is C11H16N2O4S. The van der Waals surface area contributed by atoms with Gasteiger partial charge in [0.05, 0.1) is 5.01 Å². The Bertz CT molecular complexity index is 438. The van der Waals surface area contributed by atoms with Crippen LogP contribution in [-0.4, -0.2) is 33.2 Å². The molecule has 0 aliphatic heterocycles. The molecule has 0 spiro atoms. The molecule has 0 bridgehead atoms. The second-order valence-electron chi connectivity index (χ2n) is 4.88. The highest BCUT2D eigenvalue weighted by Crippen LogP contribution is 2.19. The lowest BCUT2D eigenvalue weighted by Crippen LogP contribution is -2.58. The maximum absolute atomic E-state index is 11.9. The number of rotatable bonds is 4. The summed E-state index contributed by atoms with van der Waals surface area (Å²) in [6.45, 7) is 4.95. The third-order valence-corrected chi connectivity index (χ3v) is 2.84. The summed E-state index contributed by atoms with van der Waals surface area (Å²) < 4.78 is 5.05. The molecule has 6 nitrogen and oxygen atoms in total. The Hall–Kier alpha value is -1.47. The van der Waals surface area contributed by atoms with E-state index in [9.17, 15) is 9.59 Å². The fraction of sp³-hybridized carbons (Fsp3) is 0.545. The van der Waals surface area contributed by atoms with E-state index in [1.807, 2.05) is 0 Å². The highest BCUT2D eigenvalue weighted by Gasteiger charge is 2.46. The zero-order valence-corrected chi connectivity index (χ0v) is 11.3. The van der Waals surface area contributed by atoms with Crippen molar-refractivity contribution in [3.63, 3.8) is 0 Å². The van der Waals surface area contributed by atoms with Crippen molar-refractivity contribution in [1.29, 1.82) is 0 Å². The van der Waals surface area contributed by atoms with Crippen LogP contribution in [0.1, 0.15) is 25.8 Å².